The number of aryl methyl sites for hydroxylation is 2. The van der Waals surface area contributed by atoms with Gasteiger partial charge in [-0.3, -0.25) is 0 Å². The van der Waals surface area contributed by atoms with Gasteiger partial charge >= 0.3 is 16.4 Å². The molecule has 0 bridgehead atoms. The number of methoxy groups -OCH3 is 1. The van der Waals surface area contributed by atoms with E-state index in [4.69, 9.17) is 4.18 Å². The Morgan fingerprint density at radius 1 is 1.24 bits per heavy atom. The summed E-state index contributed by atoms with van der Waals surface area (Å²) < 4.78 is 33.4. The first kappa shape index (κ1) is 13.3. The van der Waals surface area contributed by atoms with E-state index in [9.17, 15) is 13.2 Å². The van der Waals surface area contributed by atoms with Gasteiger partial charge in [0.2, 0.25) is 0 Å². The highest BCUT2D eigenvalue weighted by molar-refractivity contribution is 7.85. The van der Waals surface area contributed by atoms with Crippen molar-refractivity contribution in [3.8, 4) is 5.75 Å². The monoisotopic (exact) mass is 259 g/mol. The second kappa shape index (κ2) is 5.05. The quantitative estimate of drug-likeness (QED) is 0.884. The van der Waals surface area contributed by atoms with Crippen molar-refractivity contribution in [3.63, 3.8) is 0 Å². The molecule has 17 heavy (non-hydrogen) atoms. The third-order valence-electron chi connectivity index (χ3n) is 2.00. The lowest BCUT2D eigenvalue weighted by molar-refractivity contribution is 0.177. The van der Waals surface area contributed by atoms with Crippen molar-refractivity contribution in [1.29, 1.82) is 0 Å². The molecule has 0 unspecified atom stereocenters. The number of carbonyl (C=O) groups excluding carboxylic acids is 1. The molecule has 1 aromatic rings. The average Bonchev–Trinajstić information content (AvgIpc) is 2.23. The second-order valence-corrected chi connectivity index (χ2v) is 4.63. The van der Waals surface area contributed by atoms with Gasteiger partial charge in [0.25, 0.3) is 0 Å². The minimum Gasteiger partial charge on any atom is -0.452 e. The first-order valence-corrected chi connectivity index (χ1v) is 6.13. The lowest BCUT2D eigenvalue weighted by Gasteiger charge is -2.11. The van der Waals surface area contributed by atoms with E-state index in [2.05, 4.69) is 4.74 Å². The van der Waals surface area contributed by atoms with Crippen molar-refractivity contribution >= 4 is 16.4 Å². The standard InChI is InChI=1S/C10H13NO5S/c1-7-5-4-6-8(2)9(7)16-17(13,14)11-10(12)15-3/h4-6H,1-3H3,(H,11,12). The number of amides is 1. The minimum atomic E-state index is -4.22. The summed E-state index contributed by atoms with van der Waals surface area (Å²) >= 11 is 0. The summed E-state index contributed by atoms with van der Waals surface area (Å²) in [6.07, 6.45) is -1.10. The molecule has 1 amide bonds. The molecule has 0 aliphatic carbocycles. The molecule has 0 atom stereocenters. The summed E-state index contributed by atoms with van der Waals surface area (Å²) in [5, 5.41) is 0. The Kier molecular flexibility index (Phi) is 3.95. The molecule has 0 fully saturated rings. The number of nitrogens with one attached hydrogen (secondary N) is 1. The maximum atomic E-state index is 11.4. The Morgan fingerprint density at radius 3 is 2.24 bits per heavy atom. The summed E-state index contributed by atoms with van der Waals surface area (Å²) in [6.45, 7) is 3.41. The van der Waals surface area contributed by atoms with Gasteiger partial charge in [-0.05, 0) is 25.0 Å². The number of rotatable bonds is 3. The van der Waals surface area contributed by atoms with E-state index >= 15 is 0 Å². The zero-order valence-electron chi connectivity index (χ0n) is 9.68. The van der Waals surface area contributed by atoms with Crippen LogP contribution in [0.2, 0.25) is 0 Å². The lowest BCUT2D eigenvalue weighted by atomic mass is 10.1. The van der Waals surface area contributed by atoms with Gasteiger partial charge < -0.3 is 8.92 Å². The number of hydrogen-bond acceptors (Lipinski definition) is 5. The number of ether oxygens (including phenoxy) is 1. The summed E-state index contributed by atoms with van der Waals surface area (Å²) in [5.41, 5.74) is 1.31. The van der Waals surface area contributed by atoms with Gasteiger partial charge in [-0.1, -0.05) is 18.2 Å². The third-order valence-corrected chi connectivity index (χ3v) is 2.80. The zero-order valence-corrected chi connectivity index (χ0v) is 10.5. The predicted molar refractivity (Wildman–Crippen MR) is 61.0 cm³/mol. The molecule has 0 aromatic heterocycles. The van der Waals surface area contributed by atoms with Crippen LogP contribution in [-0.4, -0.2) is 21.6 Å². The van der Waals surface area contributed by atoms with Gasteiger partial charge in [-0.15, -0.1) is 0 Å². The van der Waals surface area contributed by atoms with E-state index in [1.54, 1.807) is 36.8 Å². The molecular weight excluding hydrogens is 246 g/mol. The van der Waals surface area contributed by atoms with Crippen LogP contribution in [0, 0.1) is 13.8 Å². The van der Waals surface area contributed by atoms with E-state index < -0.39 is 16.4 Å². The lowest BCUT2D eigenvalue weighted by Crippen LogP contribution is -2.34. The van der Waals surface area contributed by atoms with Crippen LogP contribution in [-0.2, 0) is 15.0 Å². The van der Waals surface area contributed by atoms with E-state index in [1.807, 2.05) is 0 Å². The first-order chi connectivity index (χ1) is 7.85. The van der Waals surface area contributed by atoms with Gasteiger partial charge in [0.1, 0.15) is 5.75 Å². The van der Waals surface area contributed by atoms with Crippen LogP contribution in [0.1, 0.15) is 11.1 Å². The Bertz CT molecular complexity index is 503. The van der Waals surface area contributed by atoms with Crippen LogP contribution in [0.25, 0.3) is 0 Å². The SMILES string of the molecule is COC(=O)NS(=O)(=O)Oc1c(C)cccc1C. The number of benzene rings is 1. The van der Waals surface area contributed by atoms with E-state index in [-0.39, 0.29) is 5.75 Å². The van der Waals surface area contributed by atoms with E-state index in [0.29, 0.717) is 11.1 Å². The van der Waals surface area contributed by atoms with Crippen molar-refractivity contribution < 1.29 is 22.1 Å². The normalized spacial score (nSPS) is 10.8. The fourth-order valence-electron chi connectivity index (χ4n) is 1.20. The summed E-state index contributed by atoms with van der Waals surface area (Å²) in [6, 6.07) is 5.18. The van der Waals surface area contributed by atoms with Crippen LogP contribution in [0.5, 0.6) is 5.75 Å². The highest BCUT2D eigenvalue weighted by Crippen LogP contribution is 2.23. The van der Waals surface area contributed by atoms with E-state index in [1.165, 1.54) is 0 Å². The van der Waals surface area contributed by atoms with Gasteiger partial charge in [0, 0.05) is 0 Å². The van der Waals surface area contributed by atoms with Gasteiger partial charge in [0.05, 0.1) is 7.11 Å². The van der Waals surface area contributed by atoms with Gasteiger partial charge in [0.15, 0.2) is 0 Å². The summed E-state index contributed by atoms with van der Waals surface area (Å²) in [7, 11) is -3.16. The van der Waals surface area contributed by atoms with E-state index in [0.717, 1.165) is 7.11 Å². The Labute approximate surface area is 99.8 Å². The second-order valence-electron chi connectivity index (χ2n) is 3.35. The molecule has 0 heterocycles. The van der Waals surface area contributed by atoms with Crippen molar-refractivity contribution in [1.82, 2.24) is 4.72 Å². The van der Waals surface area contributed by atoms with Crippen LogP contribution in [0.15, 0.2) is 18.2 Å². The van der Waals surface area contributed by atoms with Gasteiger partial charge in [-0.25, -0.2) is 4.79 Å². The molecule has 6 nitrogen and oxygen atoms in total. The molecule has 0 spiro atoms. The zero-order chi connectivity index (χ0) is 13.1. The molecule has 0 aliphatic rings. The molecule has 0 radical (unpaired) electrons. The summed E-state index contributed by atoms with van der Waals surface area (Å²) in [4.78, 5) is 10.8. The molecule has 0 saturated heterocycles. The maximum absolute atomic E-state index is 11.4. The number of para-hydroxylation sites is 1. The Morgan fingerprint density at radius 2 is 1.76 bits per heavy atom. The first-order valence-electron chi connectivity index (χ1n) is 4.72. The van der Waals surface area contributed by atoms with Crippen LogP contribution in [0.3, 0.4) is 0 Å². The maximum Gasteiger partial charge on any atom is 0.423 e. The van der Waals surface area contributed by atoms with Crippen LogP contribution < -0.4 is 8.91 Å². The smallest absolute Gasteiger partial charge is 0.423 e. The highest BCUT2D eigenvalue weighted by atomic mass is 32.2. The van der Waals surface area contributed by atoms with Crippen molar-refractivity contribution in [3.05, 3.63) is 29.3 Å². The van der Waals surface area contributed by atoms with Crippen LogP contribution in [0.4, 0.5) is 4.79 Å². The Hall–Kier alpha value is -1.76. The fraction of sp³-hybridized carbons (Fsp3) is 0.300. The number of carbonyl (C=O) groups is 1. The largest absolute Gasteiger partial charge is 0.452 e. The molecule has 7 heteroatoms. The Balaban J connectivity index is 2.95. The van der Waals surface area contributed by atoms with Gasteiger partial charge in [-0.2, -0.15) is 13.1 Å². The van der Waals surface area contributed by atoms with Crippen molar-refractivity contribution in [2.75, 3.05) is 7.11 Å². The molecule has 1 N–H and O–H groups in total. The predicted octanol–water partition coefficient (Wildman–Crippen LogP) is 1.28. The minimum absolute atomic E-state index is 0.198. The highest BCUT2D eigenvalue weighted by Gasteiger charge is 2.19. The topological polar surface area (TPSA) is 81.7 Å². The summed E-state index contributed by atoms with van der Waals surface area (Å²) in [5.74, 6) is 0.198. The molecule has 1 aromatic carbocycles. The molecule has 1 rings (SSSR count). The molecule has 94 valence electrons. The third kappa shape index (κ3) is 3.63. The van der Waals surface area contributed by atoms with Crippen molar-refractivity contribution in [2.45, 2.75) is 13.8 Å². The molecular formula is C10H13NO5S. The van der Waals surface area contributed by atoms with Crippen LogP contribution >= 0.6 is 0 Å². The average molecular weight is 259 g/mol. The molecule has 0 saturated carbocycles. The molecule has 0 aliphatic heterocycles. The fourth-order valence-corrected chi connectivity index (χ4v) is 2.02. The van der Waals surface area contributed by atoms with Crippen molar-refractivity contribution in [2.24, 2.45) is 0 Å². The number of hydrogen-bond donors (Lipinski definition) is 1.